The molecule has 54 heavy (non-hydrogen) atoms. The summed E-state index contributed by atoms with van der Waals surface area (Å²) < 4.78 is 18.6. The number of furan rings is 1. The summed E-state index contributed by atoms with van der Waals surface area (Å²) >= 11 is -1.67. The van der Waals surface area contributed by atoms with Crippen molar-refractivity contribution in [3.63, 3.8) is 0 Å². The van der Waals surface area contributed by atoms with Crippen molar-refractivity contribution in [2.45, 2.75) is 80.3 Å². The normalized spacial score (nSPS) is 15.8. The minimum absolute atomic E-state index is 0.256. The zero-order chi connectivity index (χ0) is 38.1. The van der Waals surface area contributed by atoms with E-state index in [-0.39, 0.29) is 11.8 Å². The fourth-order valence-electron chi connectivity index (χ4n) is 8.62. The second kappa shape index (κ2) is 13.8. The molecule has 270 valence electrons. The Balaban J connectivity index is 1.21. The van der Waals surface area contributed by atoms with Crippen LogP contribution in [0.4, 0.5) is 0 Å². The standard InChI is InChI=1S/C50H50GeN2O/c1-32(2)43-29-39(36-21-19-35(20-22-36)37-25-27-51(5,6)28-26-37)30-44(33(3)4)48(43)53-46-18-11-10-17-45(46)52-50(53)42-16-12-15-41-40-24-23-38(31-47(40)54-49(41)42)34-13-8-7-9-14-34/h7-24,29-33,37H,25-28H2,1-6H3/i37D. The number of fused-ring (bicyclic) bond motifs is 4. The van der Waals surface area contributed by atoms with Gasteiger partial charge in [-0.1, -0.05) is 60.7 Å². The van der Waals surface area contributed by atoms with E-state index in [1.165, 1.54) is 49.6 Å². The SMILES string of the molecule is [2H]C1(c2ccc(-c3cc(C(C)C)c(-n4c(-c5cccc6c5oc5cc(-c7ccccc7)ccc56)nc5ccccc54)c(C(C)C)c3)cc2)C[CH2][Ge]([CH3])([CH3])[CH2]C1. The van der Waals surface area contributed by atoms with Crippen LogP contribution in [0.2, 0.25) is 22.0 Å². The Morgan fingerprint density at radius 1 is 0.667 bits per heavy atom. The Labute approximate surface area is 323 Å². The molecule has 1 aliphatic heterocycles. The zero-order valence-electron chi connectivity index (χ0n) is 33.4. The molecular formula is C50H50GeN2O. The molecule has 0 N–H and O–H groups in total. The summed E-state index contributed by atoms with van der Waals surface area (Å²) in [7, 11) is 0. The van der Waals surface area contributed by atoms with Gasteiger partial charge in [-0.2, -0.15) is 0 Å². The monoisotopic (exact) mass is 769 g/mol. The van der Waals surface area contributed by atoms with Gasteiger partial charge >= 0.3 is 169 Å². The first kappa shape index (κ1) is 33.7. The zero-order valence-corrected chi connectivity index (χ0v) is 34.5. The molecule has 0 spiro atoms. The van der Waals surface area contributed by atoms with Crippen molar-refractivity contribution in [1.29, 1.82) is 0 Å². The number of benzene rings is 6. The van der Waals surface area contributed by atoms with Crippen LogP contribution < -0.4 is 0 Å². The molecule has 3 nitrogen and oxygen atoms in total. The Morgan fingerprint density at radius 3 is 2.02 bits per heavy atom. The number of hydrogen-bond acceptors (Lipinski definition) is 2. The van der Waals surface area contributed by atoms with E-state index in [0.717, 1.165) is 62.8 Å². The van der Waals surface area contributed by atoms with Crippen molar-refractivity contribution < 1.29 is 5.79 Å². The third kappa shape index (κ3) is 6.21. The molecule has 8 aromatic rings. The van der Waals surface area contributed by atoms with Crippen LogP contribution in [-0.4, -0.2) is 22.8 Å². The first-order valence-corrected chi connectivity index (χ1v) is 26.9. The first-order chi connectivity index (χ1) is 26.5. The van der Waals surface area contributed by atoms with E-state index in [9.17, 15) is 1.37 Å². The van der Waals surface area contributed by atoms with Gasteiger partial charge in [0.1, 0.15) is 17.0 Å². The minimum atomic E-state index is -1.67. The number of imidazole rings is 1. The third-order valence-electron chi connectivity index (χ3n) is 11.9. The van der Waals surface area contributed by atoms with Crippen LogP contribution in [0, 0.1) is 0 Å². The number of aromatic nitrogens is 2. The van der Waals surface area contributed by atoms with Gasteiger partial charge in [-0.25, -0.2) is 4.98 Å². The summed E-state index contributed by atoms with van der Waals surface area (Å²) in [6, 6.07) is 45.8. The molecule has 0 bridgehead atoms. The quantitative estimate of drug-likeness (QED) is 0.151. The van der Waals surface area contributed by atoms with Gasteiger partial charge in [-0.05, 0) is 41.5 Å². The van der Waals surface area contributed by atoms with Gasteiger partial charge in [0.05, 0.1) is 16.6 Å². The van der Waals surface area contributed by atoms with Gasteiger partial charge in [-0.3, -0.25) is 0 Å². The molecule has 9 rings (SSSR count). The van der Waals surface area contributed by atoms with Crippen LogP contribution in [0.15, 0.2) is 132 Å². The molecule has 0 aliphatic carbocycles. The van der Waals surface area contributed by atoms with Crippen LogP contribution in [0.3, 0.4) is 0 Å². The van der Waals surface area contributed by atoms with Gasteiger partial charge < -0.3 is 4.42 Å². The first-order valence-electron chi connectivity index (χ1n) is 20.3. The molecule has 0 saturated carbocycles. The second-order valence-electron chi connectivity index (χ2n) is 16.8. The molecule has 0 unspecified atom stereocenters. The number of hydrogen-bond donors (Lipinski definition) is 0. The summed E-state index contributed by atoms with van der Waals surface area (Å²) in [4.78, 5) is 5.38. The van der Waals surface area contributed by atoms with E-state index in [1.54, 1.807) is 0 Å². The summed E-state index contributed by atoms with van der Waals surface area (Å²) in [6.07, 6.45) is 2.00. The van der Waals surface area contributed by atoms with Crippen LogP contribution in [0.5, 0.6) is 0 Å². The Morgan fingerprint density at radius 2 is 1.31 bits per heavy atom. The molecule has 2 aromatic heterocycles. The summed E-state index contributed by atoms with van der Waals surface area (Å²) in [5, 5.41) is 4.76. The van der Waals surface area contributed by atoms with Gasteiger partial charge in [0.25, 0.3) is 0 Å². The molecule has 1 saturated heterocycles. The van der Waals surface area contributed by atoms with Crippen LogP contribution in [-0.2, 0) is 0 Å². The van der Waals surface area contributed by atoms with E-state index < -0.39 is 19.2 Å². The van der Waals surface area contributed by atoms with Gasteiger partial charge in [0.2, 0.25) is 0 Å². The van der Waals surface area contributed by atoms with Gasteiger partial charge in [0.15, 0.2) is 0 Å². The summed E-state index contributed by atoms with van der Waals surface area (Å²) in [5.41, 5.74) is 14.4. The molecule has 1 fully saturated rings. The van der Waals surface area contributed by atoms with Crippen molar-refractivity contribution in [3.05, 3.63) is 144 Å². The predicted molar refractivity (Wildman–Crippen MR) is 232 cm³/mol. The number of nitrogens with zero attached hydrogens (tertiary/aromatic N) is 2. The van der Waals surface area contributed by atoms with Crippen LogP contribution >= 0.6 is 0 Å². The maximum absolute atomic E-state index is 9.40. The van der Waals surface area contributed by atoms with Gasteiger partial charge in [0, 0.05) is 10.8 Å². The van der Waals surface area contributed by atoms with E-state index in [4.69, 9.17) is 9.40 Å². The Kier molecular flexibility index (Phi) is 8.59. The van der Waals surface area contributed by atoms with Crippen LogP contribution in [0.1, 0.15) is 76.3 Å². The predicted octanol–water partition coefficient (Wildman–Crippen LogP) is 14.8. The van der Waals surface area contributed by atoms with Crippen molar-refractivity contribution in [2.24, 2.45) is 0 Å². The third-order valence-corrected chi connectivity index (χ3v) is 18.6. The molecule has 0 amide bonds. The van der Waals surface area contributed by atoms with Crippen molar-refractivity contribution in [2.75, 3.05) is 0 Å². The van der Waals surface area contributed by atoms with E-state index in [0.29, 0.717) is 0 Å². The number of rotatable bonds is 7. The van der Waals surface area contributed by atoms with Crippen molar-refractivity contribution in [3.8, 4) is 39.3 Å². The average Bonchev–Trinajstić information content (AvgIpc) is 3.77. The topological polar surface area (TPSA) is 31.0 Å². The molecule has 0 atom stereocenters. The van der Waals surface area contributed by atoms with Crippen molar-refractivity contribution >= 4 is 46.2 Å². The fourth-order valence-corrected chi connectivity index (χ4v) is 13.2. The molecular weight excluding hydrogens is 717 g/mol. The average molecular weight is 769 g/mol. The van der Waals surface area contributed by atoms with Gasteiger partial charge in [-0.15, -0.1) is 0 Å². The fraction of sp³-hybridized carbons (Fsp3) is 0.260. The molecule has 4 heteroatoms. The number of para-hydroxylation sites is 3. The van der Waals surface area contributed by atoms with E-state index in [1.807, 2.05) is 0 Å². The molecule has 3 heterocycles. The summed E-state index contributed by atoms with van der Waals surface area (Å²) in [6.45, 7) is 9.21. The Bertz CT molecular complexity index is 2660. The molecule has 0 radical (unpaired) electrons. The van der Waals surface area contributed by atoms with Crippen molar-refractivity contribution in [1.82, 2.24) is 9.55 Å². The second-order valence-corrected chi connectivity index (χ2v) is 28.0. The summed E-state index contributed by atoms with van der Waals surface area (Å²) in [5.74, 6) is 6.00. The maximum atomic E-state index is 9.40. The molecule has 6 aromatic carbocycles. The van der Waals surface area contributed by atoms with E-state index >= 15 is 0 Å². The Hall–Kier alpha value is -4.87. The molecule has 1 aliphatic rings. The van der Waals surface area contributed by atoms with Crippen LogP contribution in [0.25, 0.3) is 72.3 Å². The van der Waals surface area contributed by atoms with E-state index in [2.05, 4.69) is 171 Å².